The summed E-state index contributed by atoms with van der Waals surface area (Å²) in [6, 6.07) is 6.06. The van der Waals surface area contributed by atoms with Crippen molar-refractivity contribution < 1.29 is 14.0 Å². The van der Waals surface area contributed by atoms with Crippen LogP contribution >= 0.6 is 0 Å². The van der Waals surface area contributed by atoms with E-state index in [1.165, 1.54) is 12.1 Å². The van der Waals surface area contributed by atoms with Crippen LogP contribution in [-0.2, 0) is 9.59 Å². The van der Waals surface area contributed by atoms with E-state index < -0.39 is 0 Å². The van der Waals surface area contributed by atoms with E-state index in [1.807, 2.05) is 4.90 Å². The number of halogens is 1. The lowest BCUT2D eigenvalue weighted by Gasteiger charge is -2.38. The lowest BCUT2D eigenvalue weighted by molar-refractivity contribution is -0.136. The molecule has 0 spiro atoms. The molecule has 0 radical (unpaired) electrons. The molecule has 0 saturated carbocycles. The van der Waals surface area contributed by atoms with Crippen molar-refractivity contribution in [1.82, 2.24) is 10.2 Å². The van der Waals surface area contributed by atoms with Gasteiger partial charge >= 0.3 is 0 Å². The Morgan fingerprint density at radius 1 is 1.12 bits per heavy atom. The lowest BCUT2D eigenvalue weighted by Crippen LogP contribution is -2.59. The molecular formula is C17H23FN4O2. The number of primary amides is 1. The second kappa shape index (κ2) is 7.17. The SMILES string of the molecule is NC(=O)C1CCN(C(=O)[C@H]2CN(c3ccc(F)cc3)CCN2)CC1. The fourth-order valence-electron chi connectivity index (χ4n) is 3.41. The van der Waals surface area contributed by atoms with Gasteiger partial charge in [-0.25, -0.2) is 4.39 Å². The molecule has 3 rings (SSSR count). The number of benzene rings is 1. The van der Waals surface area contributed by atoms with Crippen LogP contribution in [0.1, 0.15) is 12.8 Å². The average Bonchev–Trinajstić information content (AvgIpc) is 2.62. The Kier molecular flexibility index (Phi) is 4.99. The molecule has 1 aromatic rings. The van der Waals surface area contributed by atoms with E-state index in [-0.39, 0.29) is 29.6 Å². The van der Waals surface area contributed by atoms with Gasteiger partial charge in [0, 0.05) is 44.3 Å². The monoisotopic (exact) mass is 334 g/mol. The van der Waals surface area contributed by atoms with Crippen LogP contribution in [0, 0.1) is 11.7 Å². The number of carbonyl (C=O) groups is 2. The Morgan fingerprint density at radius 2 is 1.79 bits per heavy atom. The normalized spacial score (nSPS) is 22.5. The molecule has 0 bridgehead atoms. The molecule has 2 heterocycles. The summed E-state index contributed by atoms with van der Waals surface area (Å²) in [4.78, 5) is 27.9. The Balaban J connectivity index is 1.59. The van der Waals surface area contributed by atoms with E-state index in [4.69, 9.17) is 5.73 Å². The Bertz CT molecular complexity index is 599. The first-order valence-corrected chi connectivity index (χ1v) is 8.36. The maximum absolute atomic E-state index is 13.1. The van der Waals surface area contributed by atoms with Crippen molar-refractivity contribution in [3.05, 3.63) is 30.1 Å². The third-order valence-corrected chi connectivity index (χ3v) is 4.87. The van der Waals surface area contributed by atoms with Crippen molar-refractivity contribution in [2.24, 2.45) is 11.7 Å². The molecule has 1 aromatic carbocycles. The summed E-state index contributed by atoms with van der Waals surface area (Å²) in [5.74, 6) is -0.604. The van der Waals surface area contributed by atoms with Crippen LogP contribution in [0.3, 0.4) is 0 Å². The molecule has 0 aromatic heterocycles. The fraction of sp³-hybridized carbons (Fsp3) is 0.529. The fourth-order valence-corrected chi connectivity index (χ4v) is 3.41. The van der Waals surface area contributed by atoms with Gasteiger partial charge < -0.3 is 20.9 Å². The highest BCUT2D eigenvalue weighted by atomic mass is 19.1. The predicted octanol–water partition coefficient (Wildman–Crippen LogP) is 0.328. The average molecular weight is 334 g/mol. The van der Waals surface area contributed by atoms with Crippen molar-refractivity contribution in [3.63, 3.8) is 0 Å². The topological polar surface area (TPSA) is 78.7 Å². The van der Waals surface area contributed by atoms with Crippen molar-refractivity contribution in [2.75, 3.05) is 37.6 Å². The van der Waals surface area contributed by atoms with Gasteiger partial charge in [0.2, 0.25) is 11.8 Å². The molecule has 7 heteroatoms. The van der Waals surface area contributed by atoms with E-state index in [0.29, 0.717) is 39.0 Å². The Hall–Kier alpha value is -2.15. The van der Waals surface area contributed by atoms with Gasteiger partial charge in [-0.2, -0.15) is 0 Å². The number of piperidine rings is 1. The van der Waals surface area contributed by atoms with Crippen LogP contribution in [0.5, 0.6) is 0 Å². The number of anilines is 1. The number of hydrogen-bond donors (Lipinski definition) is 2. The molecule has 3 N–H and O–H groups in total. The van der Waals surface area contributed by atoms with Gasteiger partial charge in [0.15, 0.2) is 0 Å². The zero-order valence-electron chi connectivity index (χ0n) is 13.6. The summed E-state index contributed by atoms with van der Waals surface area (Å²) in [6.45, 7) is 3.17. The van der Waals surface area contributed by atoms with Gasteiger partial charge in [-0.3, -0.25) is 9.59 Å². The van der Waals surface area contributed by atoms with Crippen LogP contribution in [0.4, 0.5) is 10.1 Å². The zero-order valence-corrected chi connectivity index (χ0v) is 13.6. The molecule has 6 nitrogen and oxygen atoms in total. The molecule has 24 heavy (non-hydrogen) atoms. The second-order valence-electron chi connectivity index (χ2n) is 6.43. The minimum absolute atomic E-state index is 0.0599. The standard InChI is InChI=1S/C17H23FN4O2/c18-13-1-3-14(4-2-13)22-10-7-20-15(11-22)17(24)21-8-5-12(6-9-21)16(19)23/h1-4,12,15,20H,5-11H2,(H2,19,23)/t15-/m1/s1. The molecule has 0 aliphatic carbocycles. The maximum Gasteiger partial charge on any atom is 0.241 e. The molecule has 2 fully saturated rings. The highest BCUT2D eigenvalue weighted by Crippen LogP contribution is 2.20. The number of piperazine rings is 1. The van der Waals surface area contributed by atoms with Gasteiger partial charge in [-0.05, 0) is 37.1 Å². The van der Waals surface area contributed by atoms with Gasteiger partial charge in [-0.15, -0.1) is 0 Å². The molecular weight excluding hydrogens is 311 g/mol. The summed E-state index contributed by atoms with van der Waals surface area (Å²) < 4.78 is 13.1. The molecule has 130 valence electrons. The number of amides is 2. The van der Waals surface area contributed by atoms with Crippen LogP contribution in [0.2, 0.25) is 0 Å². The smallest absolute Gasteiger partial charge is 0.241 e. The van der Waals surface area contributed by atoms with E-state index in [0.717, 1.165) is 12.2 Å². The highest BCUT2D eigenvalue weighted by molar-refractivity contribution is 5.83. The second-order valence-corrected chi connectivity index (χ2v) is 6.43. The maximum atomic E-state index is 13.1. The summed E-state index contributed by atoms with van der Waals surface area (Å²) in [5, 5.41) is 3.26. The van der Waals surface area contributed by atoms with Gasteiger partial charge in [0.05, 0.1) is 0 Å². The number of nitrogens with zero attached hydrogens (tertiary/aromatic N) is 2. The molecule has 1 atom stereocenters. The van der Waals surface area contributed by atoms with Crippen molar-refractivity contribution in [2.45, 2.75) is 18.9 Å². The van der Waals surface area contributed by atoms with Gasteiger partial charge in [-0.1, -0.05) is 0 Å². The number of carbonyl (C=O) groups excluding carboxylic acids is 2. The summed E-state index contributed by atoms with van der Waals surface area (Å²) in [5.41, 5.74) is 6.26. The molecule has 2 aliphatic heterocycles. The van der Waals surface area contributed by atoms with Crippen molar-refractivity contribution >= 4 is 17.5 Å². The predicted molar refractivity (Wildman–Crippen MR) is 88.9 cm³/mol. The number of likely N-dealkylation sites (tertiary alicyclic amines) is 1. The van der Waals surface area contributed by atoms with Crippen LogP contribution in [-0.4, -0.2) is 55.5 Å². The van der Waals surface area contributed by atoms with Crippen LogP contribution in [0.25, 0.3) is 0 Å². The number of rotatable bonds is 3. The molecule has 2 saturated heterocycles. The minimum atomic E-state index is -0.283. The minimum Gasteiger partial charge on any atom is -0.369 e. The molecule has 0 unspecified atom stereocenters. The quantitative estimate of drug-likeness (QED) is 0.835. The highest BCUT2D eigenvalue weighted by Gasteiger charge is 2.32. The lowest BCUT2D eigenvalue weighted by atomic mass is 9.95. The largest absolute Gasteiger partial charge is 0.369 e. The first kappa shape index (κ1) is 16.7. The number of nitrogens with one attached hydrogen (secondary N) is 1. The molecule has 2 amide bonds. The third-order valence-electron chi connectivity index (χ3n) is 4.87. The summed E-state index contributed by atoms with van der Waals surface area (Å²) >= 11 is 0. The Labute approximate surface area is 140 Å². The number of hydrogen-bond acceptors (Lipinski definition) is 4. The van der Waals surface area contributed by atoms with E-state index in [2.05, 4.69) is 10.2 Å². The van der Waals surface area contributed by atoms with Crippen LogP contribution in [0.15, 0.2) is 24.3 Å². The van der Waals surface area contributed by atoms with Crippen molar-refractivity contribution in [3.8, 4) is 0 Å². The van der Waals surface area contributed by atoms with Crippen LogP contribution < -0.4 is 16.0 Å². The first-order chi connectivity index (χ1) is 11.5. The van der Waals surface area contributed by atoms with Gasteiger partial charge in [0.25, 0.3) is 0 Å². The summed E-state index contributed by atoms with van der Waals surface area (Å²) in [6.07, 6.45) is 1.27. The third kappa shape index (κ3) is 3.67. The van der Waals surface area contributed by atoms with Crippen molar-refractivity contribution in [1.29, 1.82) is 0 Å². The Morgan fingerprint density at radius 3 is 2.42 bits per heavy atom. The van der Waals surface area contributed by atoms with Gasteiger partial charge in [0.1, 0.15) is 11.9 Å². The van der Waals surface area contributed by atoms with E-state index in [9.17, 15) is 14.0 Å². The molecule has 2 aliphatic rings. The first-order valence-electron chi connectivity index (χ1n) is 8.36. The number of nitrogens with two attached hydrogens (primary N) is 1. The summed E-state index contributed by atoms with van der Waals surface area (Å²) in [7, 11) is 0. The van der Waals surface area contributed by atoms with E-state index >= 15 is 0 Å². The van der Waals surface area contributed by atoms with E-state index in [1.54, 1.807) is 12.1 Å². The zero-order chi connectivity index (χ0) is 17.1.